The van der Waals surface area contributed by atoms with Crippen LogP contribution in [0.4, 0.5) is 18.0 Å². The maximum absolute atomic E-state index is 11.9. The van der Waals surface area contributed by atoms with Gasteiger partial charge in [-0.1, -0.05) is 6.92 Å². The molecule has 0 spiro atoms. The Hall–Kier alpha value is -1.47. The molecule has 1 fully saturated rings. The van der Waals surface area contributed by atoms with E-state index in [0.717, 1.165) is 0 Å². The topological polar surface area (TPSA) is 69.6 Å². The molecule has 1 heterocycles. The van der Waals surface area contributed by atoms with Gasteiger partial charge in [0.2, 0.25) is 0 Å². The van der Waals surface area contributed by atoms with Crippen LogP contribution in [0.3, 0.4) is 0 Å². The molecular formula is C12H19F3N2O3. The Kier molecular flexibility index (Phi) is 5.64. The number of urea groups is 1. The first-order valence-corrected chi connectivity index (χ1v) is 6.53. The Morgan fingerprint density at radius 2 is 1.95 bits per heavy atom. The number of hydrogen-bond donors (Lipinski definition) is 2. The number of carboxylic acids is 1. The van der Waals surface area contributed by atoms with Crippen LogP contribution >= 0.6 is 0 Å². The molecule has 2 N–H and O–H groups in total. The summed E-state index contributed by atoms with van der Waals surface area (Å²) < 4.78 is 35.7. The molecule has 1 aliphatic rings. The number of hydrogen-bond acceptors (Lipinski definition) is 2. The van der Waals surface area contributed by atoms with E-state index < -0.39 is 30.5 Å². The zero-order valence-corrected chi connectivity index (χ0v) is 11.2. The van der Waals surface area contributed by atoms with E-state index in [1.165, 1.54) is 4.90 Å². The van der Waals surface area contributed by atoms with Gasteiger partial charge in [0.05, 0.1) is 5.92 Å². The highest BCUT2D eigenvalue weighted by Crippen LogP contribution is 2.23. The van der Waals surface area contributed by atoms with Crippen molar-refractivity contribution in [1.82, 2.24) is 10.2 Å². The van der Waals surface area contributed by atoms with Gasteiger partial charge in [0, 0.05) is 26.1 Å². The van der Waals surface area contributed by atoms with Gasteiger partial charge in [-0.15, -0.1) is 0 Å². The number of nitrogens with one attached hydrogen (secondary N) is 1. The van der Waals surface area contributed by atoms with Gasteiger partial charge in [0.1, 0.15) is 0 Å². The number of nitrogens with zero attached hydrogens (tertiary/aromatic N) is 1. The molecule has 0 aromatic rings. The maximum Gasteiger partial charge on any atom is 0.389 e. The van der Waals surface area contributed by atoms with Crippen LogP contribution in [0.1, 0.15) is 26.2 Å². The van der Waals surface area contributed by atoms with E-state index in [2.05, 4.69) is 5.32 Å². The van der Waals surface area contributed by atoms with E-state index in [9.17, 15) is 22.8 Å². The quantitative estimate of drug-likeness (QED) is 0.763. The summed E-state index contributed by atoms with van der Waals surface area (Å²) in [5, 5.41) is 11.5. The van der Waals surface area contributed by atoms with Gasteiger partial charge in [-0.25, -0.2) is 4.79 Å². The van der Waals surface area contributed by atoms with Crippen molar-refractivity contribution in [2.75, 3.05) is 19.6 Å². The second kappa shape index (κ2) is 6.81. The number of likely N-dealkylation sites (tertiary alicyclic amines) is 1. The Morgan fingerprint density at radius 3 is 2.45 bits per heavy atom. The lowest BCUT2D eigenvalue weighted by molar-refractivity contribution is -0.142. The van der Waals surface area contributed by atoms with Crippen molar-refractivity contribution < 1.29 is 27.9 Å². The van der Waals surface area contributed by atoms with Crippen molar-refractivity contribution in [2.24, 2.45) is 11.8 Å². The number of unbranched alkanes of at least 4 members (excludes halogenated alkanes) is 1. The predicted molar refractivity (Wildman–Crippen MR) is 65.2 cm³/mol. The average molecular weight is 296 g/mol. The summed E-state index contributed by atoms with van der Waals surface area (Å²) in [6.45, 7) is 2.42. The lowest BCUT2D eigenvalue weighted by atomic mass is 9.99. The Morgan fingerprint density at radius 1 is 1.30 bits per heavy atom. The molecule has 116 valence electrons. The van der Waals surface area contributed by atoms with Crippen LogP contribution in [0.25, 0.3) is 0 Å². The summed E-state index contributed by atoms with van der Waals surface area (Å²) in [6.07, 6.45) is -4.80. The van der Waals surface area contributed by atoms with Crippen molar-refractivity contribution in [3.05, 3.63) is 0 Å². The third-order valence-electron chi connectivity index (χ3n) is 3.38. The lowest BCUT2D eigenvalue weighted by Gasteiger charge is -2.16. The van der Waals surface area contributed by atoms with Crippen molar-refractivity contribution in [1.29, 1.82) is 0 Å². The highest BCUT2D eigenvalue weighted by atomic mass is 19.4. The number of carbonyl (C=O) groups excluding carboxylic acids is 1. The molecule has 2 atom stereocenters. The number of halogens is 3. The van der Waals surface area contributed by atoms with E-state index >= 15 is 0 Å². The molecule has 0 radical (unpaired) electrons. The molecule has 0 bridgehead atoms. The fraction of sp³-hybridized carbons (Fsp3) is 0.833. The minimum Gasteiger partial charge on any atom is -0.481 e. The summed E-state index contributed by atoms with van der Waals surface area (Å²) in [5.41, 5.74) is 0. The van der Waals surface area contributed by atoms with Crippen LogP contribution in [0.15, 0.2) is 0 Å². The first-order chi connectivity index (χ1) is 9.20. The van der Waals surface area contributed by atoms with Gasteiger partial charge >= 0.3 is 18.2 Å². The monoisotopic (exact) mass is 296 g/mol. The van der Waals surface area contributed by atoms with E-state index in [1.807, 2.05) is 0 Å². The summed E-state index contributed by atoms with van der Waals surface area (Å²) in [4.78, 5) is 24.0. The van der Waals surface area contributed by atoms with Gasteiger partial charge in [-0.2, -0.15) is 13.2 Å². The highest BCUT2D eigenvalue weighted by Gasteiger charge is 2.36. The molecule has 1 saturated heterocycles. The van der Waals surface area contributed by atoms with Gasteiger partial charge in [-0.05, 0) is 18.8 Å². The van der Waals surface area contributed by atoms with Crippen LogP contribution in [0.5, 0.6) is 0 Å². The molecule has 0 aromatic carbocycles. The minimum atomic E-state index is -4.16. The van der Waals surface area contributed by atoms with Crippen molar-refractivity contribution >= 4 is 12.0 Å². The number of alkyl halides is 3. The van der Waals surface area contributed by atoms with Crippen LogP contribution in [-0.2, 0) is 4.79 Å². The maximum atomic E-state index is 11.9. The molecule has 5 nitrogen and oxygen atoms in total. The van der Waals surface area contributed by atoms with Gasteiger partial charge in [-0.3, -0.25) is 4.79 Å². The Labute approximate surface area is 115 Å². The van der Waals surface area contributed by atoms with Crippen molar-refractivity contribution in [2.45, 2.75) is 32.4 Å². The molecule has 0 unspecified atom stereocenters. The summed E-state index contributed by atoms with van der Waals surface area (Å²) in [7, 11) is 0. The van der Waals surface area contributed by atoms with Crippen molar-refractivity contribution in [3.8, 4) is 0 Å². The number of carbonyl (C=O) groups is 2. The Balaban J connectivity index is 2.22. The van der Waals surface area contributed by atoms with Gasteiger partial charge in [0.15, 0.2) is 0 Å². The standard InChI is InChI=1S/C12H19F3N2O3/c1-8-6-17(7-9(8)10(18)19)11(20)16-5-3-2-4-12(13,14)15/h8-9H,2-7H2,1H3,(H,16,20)(H,18,19)/t8-,9-/m1/s1. The van der Waals surface area contributed by atoms with Crippen molar-refractivity contribution in [3.63, 3.8) is 0 Å². The van der Waals surface area contributed by atoms with Crippen LogP contribution < -0.4 is 5.32 Å². The SMILES string of the molecule is C[C@@H]1CN(C(=O)NCCCCC(F)(F)F)C[C@H]1C(=O)O. The largest absolute Gasteiger partial charge is 0.481 e. The second-order valence-corrected chi connectivity index (χ2v) is 5.13. The molecule has 20 heavy (non-hydrogen) atoms. The average Bonchev–Trinajstić information content (AvgIpc) is 2.69. The highest BCUT2D eigenvalue weighted by molar-refractivity contribution is 5.77. The predicted octanol–water partition coefficient (Wildman–Crippen LogP) is 2.08. The van der Waals surface area contributed by atoms with Crippen LogP contribution in [0.2, 0.25) is 0 Å². The van der Waals surface area contributed by atoms with E-state index in [1.54, 1.807) is 6.92 Å². The third-order valence-corrected chi connectivity index (χ3v) is 3.38. The number of rotatable bonds is 5. The smallest absolute Gasteiger partial charge is 0.389 e. The van der Waals surface area contributed by atoms with Gasteiger partial charge < -0.3 is 15.3 Å². The molecule has 8 heteroatoms. The van der Waals surface area contributed by atoms with Crippen LogP contribution in [0, 0.1) is 11.8 Å². The first kappa shape index (κ1) is 16.6. The number of aliphatic carboxylic acids is 1. The lowest BCUT2D eigenvalue weighted by Crippen LogP contribution is -2.39. The summed E-state index contributed by atoms with van der Waals surface area (Å²) in [5.74, 6) is -1.63. The second-order valence-electron chi connectivity index (χ2n) is 5.13. The van der Waals surface area contributed by atoms with E-state index in [0.29, 0.717) is 6.54 Å². The number of amides is 2. The third kappa shape index (κ3) is 5.26. The fourth-order valence-electron chi connectivity index (χ4n) is 2.21. The zero-order chi connectivity index (χ0) is 15.3. The normalized spacial score (nSPS) is 22.9. The molecule has 1 rings (SSSR count). The molecule has 2 amide bonds. The molecule has 0 aromatic heterocycles. The number of carboxylic acid groups (broad SMARTS) is 1. The summed E-state index contributed by atoms with van der Waals surface area (Å²) >= 11 is 0. The Bertz CT molecular complexity index is 360. The zero-order valence-electron chi connectivity index (χ0n) is 11.2. The van der Waals surface area contributed by atoms with Crippen LogP contribution in [-0.4, -0.2) is 47.8 Å². The molecule has 0 aliphatic carbocycles. The summed E-state index contributed by atoms with van der Waals surface area (Å²) in [6, 6.07) is -0.410. The molecular weight excluding hydrogens is 277 g/mol. The van der Waals surface area contributed by atoms with E-state index in [4.69, 9.17) is 5.11 Å². The van der Waals surface area contributed by atoms with Gasteiger partial charge in [0.25, 0.3) is 0 Å². The fourth-order valence-corrected chi connectivity index (χ4v) is 2.21. The van der Waals surface area contributed by atoms with E-state index in [-0.39, 0.29) is 31.8 Å². The first-order valence-electron chi connectivity index (χ1n) is 6.53. The molecule has 0 saturated carbocycles. The minimum absolute atomic E-state index is 0.0298. The molecule has 1 aliphatic heterocycles.